The van der Waals surface area contributed by atoms with Gasteiger partial charge in [-0.05, 0) is 49.2 Å². The van der Waals surface area contributed by atoms with Crippen LogP contribution in [0.5, 0.6) is 11.5 Å². The Hall–Kier alpha value is -2.69. The summed E-state index contributed by atoms with van der Waals surface area (Å²) in [6, 6.07) is 11.5. The van der Waals surface area contributed by atoms with Crippen molar-refractivity contribution in [2.45, 2.75) is 20.3 Å². The first-order valence-corrected chi connectivity index (χ1v) is 7.86. The third kappa shape index (κ3) is 4.91. The van der Waals surface area contributed by atoms with Crippen LogP contribution in [0.25, 0.3) is 0 Å². The third-order valence-corrected chi connectivity index (χ3v) is 3.59. The lowest BCUT2D eigenvalue weighted by Gasteiger charge is -2.12. The van der Waals surface area contributed by atoms with Crippen LogP contribution in [-0.4, -0.2) is 26.7 Å². The first-order valence-electron chi connectivity index (χ1n) is 7.86. The molecule has 5 nitrogen and oxygen atoms in total. The van der Waals surface area contributed by atoms with Crippen molar-refractivity contribution in [2.75, 3.05) is 31.4 Å². The zero-order valence-electron chi connectivity index (χ0n) is 14.6. The monoisotopic (exact) mass is 328 g/mol. The van der Waals surface area contributed by atoms with Crippen LogP contribution in [0.1, 0.15) is 17.5 Å². The fourth-order valence-electron chi connectivity index (χ4n) is 2.51. The predicted molar refractivity (Wildman–Crippen MR) is 97.2 cm³/mol. The number of amides is 1. The molecule has 0 aliphatic carbocycles. The first kappa shape index (κ1) is 17.7. The van der Waals surface area contributed by atoms with Crippen LogP contribution in [0.2, 0.25) is 0 Å². The quantitative estimate of drug-likeness (QED) is 0.812. The molecular weight excluding hydrogens is 304 g/mol. The van der Waals surface area contributed by atoms with E-state index in [-0.39, 0.29) is 5.91 Å². The highest BCUT2D eigenvalue weighted by molar-refractivity contribution is 5.92. The summed E-state index contributed by atoms with van der Waals surface area (Å²) < 4.78 is 10.4. The lowest BCUT2D eigenvalue weighted by Crippen LogP contribution is -2.16. The minimum atomic E-state index is -0.0738. The van der Waals surface area contributed by atoms with E-state index in [1.807, 2.05) is 0 Å². The van der Waals surface area contributed by atoms with Crippen molar-refractivity contribution in [1.29, 1.82) is 0 Å². The molecule has 24 heavy (non-hydrogen) atoms. The number of rotatable bonds is 7. The second kappa shape index (κ2) is 8.24. The van der Waals surface area contributed by atoms with Crippen molar-refractivity contribution in [3.05, 3.63) is 47.5 Å². The van der Waals surface area contributed by atoms with Gasteiger partial charge in [-0.3, -0.25) is 4.79 Å². The molecule has 0 fully saturated rings. The topological polar surface area (TPSA) is 59.6 Å². The van der Waals surface area contributed by atoms with Crippen LogP contribution in [-0.2, 0) is 4.79 Å². The Balaban J connectivity index is 1.89. The molecule has 0 aromatic heterocycles. The standard InChI is InChI=1S/C19H24N2O3/c1-13-9-14(2)11-15(10-13)20-8-7-19(22)21-17-6-5-16(23-3)12-18(17)24-4/h5-6,9-12,20H,7-8H2,1-4H3,(H,21,22). The van der Waals surface area contributed by atoms with E-state index < -0.39 is 0 Å². The van der Waals surface area contributed by atoms with Crippen LogP contribution in [0.4, 0.5) is 11.4 Å². The van der Waals surface area contributed by atoms with Crippen LogP contribution in [0.15, 0.2) is 36.4 Å². The number of benzene rings is 2. The molecule has 0 aliphatic heterocycles. The molecule has 1 amide bonds. The Kier molecular flexibility index (Phi) is 6.07. The van der Waals surface area contributed by atoms with Gasteiger partial charge in [-0.15, -0.1) is 0 Å². The average molecular weight is 328 g/mol. The lowest BCUT2D eigenvalue weighted by atomic mass is 10.1. The van der Waals surface area contributed by atoms with Gasteiger partial charge in [-0.25, -0.2) is 0 Å². The second-order valence-corrected chi connectivity index (χ2v) is 5.67. The summed E-state index contributed by atoms with van der Waals surface area (Å²) in [7, 11) is 3.15. The van der Waals surface area contributed by atoms with Crippen LogP contribution >= 0.6 is 0 Å². The molecule has 0 aliphatic rings. The average Bonchev–Trinajstić information content (AvgIpc) is 2.54. The summed E-state index contributed by atoms with van der Waals surface area (Å²) in [6.45, 7) is 4.68. The van der Waals surface area contributed by atoms with E-state index >= 15 is 0 Å². The zero-order valence-corrected chi connectivity index (χ0v) is 14.6. The summed E-state index contributed by atoms with van der Waals surface area (Å²) in [5.74, 6) is 1.18. The Morgan fingerprint density at radius 3 is 2.33 bits per heavy atom. The van der Waals surface area contributed by atoms with Gasteiger partial charge in [0.2, 0.25) is 5.91 Å². The summed E-state index contributed by atoms with van der Waals surface area (Å²) in [5, 5.41) is 6.14. The van der Waals surface area contributed by atoms with Gasteiger partial charge in [0.1, 0.15) is 11.5 Å². The van der Waals surface area contributed by atoms with Gasteiger partial charge in [0.05, 0.1) is 19.9 Å². The molecule has 0 saturated heterocycles. The van der Waals surface area contributed by atoms with Gasteiger partial charge in [0.25, 0.3) is 0 Å². The van der Waals surface area contributed by atoms with Gasteiger partial charge in [-0.1, -0.05) is 6.07 Å². The Labute approximate surface area is 143 Å². The number of aryl methyl sites for hydroxylation is 2. The number of anilines is 2. The molecular formula is C19H24N2O3. The highest BCUT2D eigenvalue weighted by Crippen LogP contribution is 2.29. The molecule has 2 aromatic rings. The van der Waals surface area contributed by atoms with E-state index in [0.29, 0.717) is 30.2 Å². The fraction of sp³-hybridized carbons (Fsp3) is 0.316. The molecule has 0 bridgehead atoms. The third-order valence-electron chi connectivity index (χ3n) is 3.59. The van der Waals surface area contributed by atoms with Crippen molar-refractivity contribution in [1.82, 2.24) is 0 Å². The highest BCUT2D eigenvalue weighted by atomic mass is 16.5. The van der Waals surface area contributed by atoms with Crippen molar-refractivity contribution in [2.24, 2.45) is 0 Å². The van der Waals surface area contributed by atoms with Gasteiger partial charge in [0, 0.05) is 24.7 Å². The maximum Gasteiger partial charge on any atom is 0.226 e. The van der Waals surface area contributed by atoms with E-state index in [9.17, 15) is 4.79 Å². The van der Waals surface area contributed by atoms with Gasteiger partial charge < -0.3 is 20.1 Å². The normalized spacial score (nSPS) is 10.2. The van der Waals surface area contributed by atoms with Gasteiger partial charge in [-0.2, -0.15) is 0 Å². The molecule has 2 N–H and O–H groups in total. The SMILES string of the molecule is COc1ccc(NC(=O)CCNc2cc(C)cc(C)c2)c(OC)c1. The predicted octanol–water partition coefficient (Wildman–Crippen LogP) is 3.76. The summed E-state index contributed by atoms with van der Waals surface area (Å²) in [6.07, 6.45) is 0.363. The summed E-state index contributed by atoms with van der Waals surface area (Å²) in [4.78, 5) is 12.1. The minimum absolute atomic E-state index is 0.0738. The molecule has 5 heteroatoms. The number of methoxy groups -OCH3 is 2. The van der Waals surface area contributed by atoms with E-state index in [0.717, 1.165) is 5.69 Å². The van der Waals surface area contributed by atoms with Crippen LogP contribution in [0, 0.1) is 13.8 Å². The van der Waals surface area contributed by atoms with Crippen molar-refractivity contribution in [3.63, 3.8) is 0 Å². The first-order chi connectivity index (χ1) is 11.5. The van der Waals surface area contributed by atoms with Gasteiger partial charge >= 0.3 is 0 Å². The molecule has 2 rings (SSSR count). The van der Waals surface area contributed by atoms with Crippen molar-refractivity contribution < 1.29 is 14.3 Å². The number of hydrogen-bond acceptors (Lipinski definition) is 4. The lowest BCUT2D eigenvalue weighted by molar-refractivity contribution is -0.116. The summed E-state index contributed by atoms with van der Waals surface area (Å²) in [5.41, 5.74) is 4.06. The molecule has 0 heterocycles. The molecule has 0 spiro atoms. The van der Waals surface area contributed by atoms with E-state index in [2.05, 4.69) is 42.7 Å². The molecule has 2 aromatic carbocycles. The van der Waals surface area contributed by atoms with E-state index in [1.165, 1.54) is 11.1 Å². The van der Waals surface area contributed by atoms with Crippen LogP contribution in [0.3, 0.4) is 0 Å². The Morgan fingerprint density at radius 1 is 1.00 bits per heavy atom. The second-order valence-electron chi connectivity index (χ2n) is 5.67. The molecule has 0 saturated carbocycles. The van der Waals surface area contributed by atoms with E-state index in [4.69, 9.17) is 9.47 Å². The number of hydrogen-bond donors (Lipinski definition) is 2. The zero-order chi connectivity index (χ0) is 17.5. The Bertz CT molecular complexity index is 694. The van der Waals surface area contributed by atoms with Crippen molar-refractivity contribution in [3.8, 4) is 11.5 Å². The number of carbonyl (C=O) groups excluding carboxylic acids is 1. The molecule has 0 atom stereocenters. The number of carbonyl (C=O) groups is 1. The maximum atomic E-state index is 12.1. The maximum absolute atomic E-state index is 12.1. The molecule has 0 radical (unpaired) electrons. The smallest absolute Gasteiger partial charge is 0.226 e. The Morgan fingerprint density at radius 2 is 1.71 bits per heavy atom. The largest absolute Gasteiger partial charge is 0.497 e. The van der Waals surface area contributed by atoms with Crippen molar-refractivity contribution >= 4 is 17.3 Å². The molecule has 0 unspecified atom stereocenters. The minimum Gasteiger partial charge on any atom is -0.497 e. The van der Waals surface area contributed by atoms with E-state index in [1.54, 1.807) is 32.4 Å². The van der Waals surface area contributed by atoms with Gasteiger partial charge in [0.15, 0.2) is 0 Å². The highest BCUT2D eigenvalue weighted by Gasteiger charge is 2.09. The number of nitrogens with one attached hydrogen (secondary N) is 2. The molecule has 128 valence electrons. The number of ether oxygens (including phenoxy) is 2. The summed E-state index contributed by atoms with van der Waals surface area (Å²) >= 11 is 0. The fourth-order valence-corrected chi connectivity index (χ4v) is 2.51. The van der Waals surface area contributed by atoms with Crippen LogP contribution < -0.4 is 20.1 Å².